The number of rotatable bonds is 3. The van der Waals surface area contributed by atoms with Gasteiger partial charge in [-0.3, -0.25) is 18.8 Å². The monoisotopic (exact) mass is 282 g/mol. The van der Waals surface area contributed by atoms with Crippen molar-refractivity contribution < 1.29 is 4.79 Å². The molecule has 0 fully saturated rings. The third kappa shape index (κ3) is 2.35. The van der Waals surface area contributed by atoms with Crippen molar-refractivity contribution in [2.75, 3.05) is 0 Å². The minimum Gasteiger partial charge on any atom is -0.292 e. The fourth-order valence-electron chi connectivity index (χ4n) is 2.24. The average Bonchev–Trinajstić information content (AvgIpc) is 2.84. The molecule has 0 atom stereocenters. The Morgan fingerprint density at radius 2 is 2.14 bits per heavy atom. The van der Waals surface area contributed by atoms with Crippen molar-refractivity contribution >= 4 is 16.8 Å². The first-order valence-corrected chi connectivity index (χ1v) is 6.53. The first kappa shape index (κ1) is 13.2. The van der Waals surface area contributed by atoms with E-state index in [1.54, 1.807) is 13.1 Å². The Kier molecular flexibility index (Phi) is 3.13. The maximum atomic E-state index is 12.3. The highest BCUT2D eigenvalue weighted by Crippen LogP contribution is 2.07. The molecule has 0 saturated heterocycles. The van der Waals surface area contributed by atoms with Crippen LogP contribution in [0.5, 0.6) is 0 Å². The van der Waals surface area contributed by atoms with E-state index in [-0.39, 0.29) is 17.9 Å². The van der Waals surface area contributed by atoms with Crippen molar-refractivity contribution in [3.63, 3.8) is 0 Å². The molecule has 0 bridgehead atoms. The molecule has 0 aliphatic carbocycles. The van der Waals surface area contributed by atoms with Crippen LogP contribution in [0, 0.1) is 6.92 Å². The van der Waals surface area contributed by atoms with Crippen LogP contribution >= 0.6 is 0 Å². The Bertz CT molecular complexity index is 892. The van der Waals surface area contributed by atoms with Gasteiger partial charge in [-0.05, 0) is 13.0 Å². The largest absolute Gasteiger partial charge is 0.292 e. The Balaban J connectivity index is 1.97. The van der Waals surface area contributed by atoms with Crippen LogP contribution < -0.4 is 5.56 Å². The second-order valence-electron chi connectivity index (χ2n) is 4.98. The molecular weight excluding hydrogens is 268 g/mol. The molecule has 2 aromatic heterocycles. The summed E-state index contributed by atoms with van der Waals surface area (Å²) in [6.07, 6.45) is 2.86. The van der Waals surface area contributed by atoms with Gasteiger partial charge in [0.15, 0.2) is 11.4 Å². The molecule has 0 N–H and O–H groups in total. The molecule has 0 spiro atoms. The standard InChI is InChI=1S/C15H14N4O2/c1-10-4-3-5-11(6-10)13(20)8-19-9-16-14-12(15(19)21)7-17-18(14)2/h3-7,9H,8H2,1-2H3. The van der Waals surface area contributed by atoms with Crippen LogP contribution in [0.2, 0.25) is 0 Å². The van der Waals surface area contributed by atoms with E-state index in [0.717, 1.165) is 5.56 Å². The third-order valence-electron chi connectivity index (χ3n) is 3.37. The average molecular weight is 282 g/mol. The van der Waals surface area contributed by atoms with Crippen LogP contribution in [-0.4, -0.2) is 25.1 Å². The van der Waals surface area contributed by atoms with Gasteiger partial charge >= 0.3 is 0 Å². The molecule has 0 unspecified atom stereocenters. The summed E-state index contributed by atoms with van der Waals surface area (Å²) in [7, 11) is 1.72. The Morgan fingerprint density at radius 1 is 1.33 bits per heavy atom. The van der Waals surface area contributed by atoms with Crippen LogP contribution in [0.15, 0.2) is 41.6 Å². The first-order valence-electron chi connectivity index (χ1n) is 6.53. The van der Waals surface area contributed by atoms with Gasteiger partial charge in [0.25, 0.3) is 5.56 Å². The quantitative estimate of drug-likeness (QED) is 0.679. The van der Waals surface area contributed by atoms with Crippen molar-refractivity contribution in [1.82, 2.24) is 19.3 Å². The lowest BCUT2D eigenvalue weighted by Gasteiger charge is -2.05. The molecule has 0 saturated carbocycles. The molecule has 0 aliphatic heterocycles. The van der Waals surface area contributed by atoms with Gasteiger partial charge in [0.1, 0.15) is 11.7 Å². The zero-order chi connectivity index (χ0) is 15.0. The summed E-state index contributed by atoms with van der Waals surface area (Å²) in [5.74, 6) is -0.120. The van der Waals surface area contributed by atoms with E-state index in [1.807, 2.05) is 25.1 Å². The van der Waals surface area contributed by atoms with Crippen LogP contribution in [0.3, 0.4) is 0 Å². The molecule has 3 rings (SSSR count). The molecule has 3 aromatic rings. The summed E-state index contributed by atoms with van der Waals surface area (Å²) in [5, 5.41) is 4.42. The van der Waals surface area contributed by atoms with Gasteiger partial charge in [0.2, 0.25) is 0 Å². The highest BCUT2D eigenvalue weighted by atomic mass is 16.1. The van der Waals surface area contributed by atoms with Crippen molar-refractivity contribution in [3.05, 3.63) is 58.3 Å². The lowest BCUT2D eigenvalue weighted by molar-refractivity contribution is 0.0970. The van der Waals surface area contributed by atoms with E-state index >= 15 is 0 Å². The predicted molar refractivity (Wildman–Crippen MR) is 78.3 cm³/mol. The number of ketones is 1. The summed E-state index contributed by atoms with van der Waals surface area (Å²) in [6.45, 7) is 1.90. The number of fused-ring (bicyclic) bond motifs is 1. The lowest BCUT2D eigenvalue weighted by atomic mass is 10.1. The smallest absolute Gasteiger partial charge is 0.264 e. The molecule has 2 heterocycles. The van der Waals surface area contributed by atoms with E-state index in [1.165, 1.54) is 21.8 Å². The first-order chi connectivity index (χ1) is 10.1. The molecule has 0 radical (unpaired) electrons. The maximum absolute atomic E-state index is 12.3. The molecule has 1 aromatic carbocycles. The Labute approximate surface area is 120 Å². The van der Waals surface area contributed by atoms with Crippen molar-refractivity contribution in [3.8, 4) is 0 Å². The Hall–Kier alpha value is -2.76. The molecular formula is C15H14N4O2. The van der Waals surface area contributed by atoms with Gasteiger partial charge in [-0.1, -0.05) is 23.8 Å². The normalized spacial score (nSPS) is 11.0. The highest BCUT2D eigenvalue weighted by molar-refractivity contribution is 5.96. The van der Waals surface area contributed by atoms with Crippen LogP contribution in [0.25, 0.3) is 11.0 Å². The fourth-order valence-corrected chi connectivity index (χ4v) is 2.24. The summed E-state index contributed by atoms with van der Waals surface area (Å²) in [6, 6.07) is 7.31. The lowest BCUT2D eigenvalue weighted by Crippen LogP contribution is -2.24. The number of Topliss-reactive ketones (excluding diaryl/α,β-unsaturated/α-hetero) is 1. The van der Waals surface area contributed by atoms with Gasteiger partial charge in [0, 0.05) is 12.6 Å². The van der Waals surface area contributed by atoms with Gasteiger partial charge in [0.05, 0.1) is 12.7 Å². The van der Waals surface area contributed by atoms with Gasteiger partial charge < -0.3 is 0 Å². The number of aryl methyl sites for hydroxylation is 2. The summed E-state index contributed by atoms with van der Waals surface area (Å²) < 4.78 is 2.85. The number of hydrogen-bond donors (Lipinski definition) is 0. The number of hydrogen-bond acceptors (Lipinski definition) is 4. The van der Waals surface area contributed by atoms with Crippen LogP contribution in [0.1, 0.15) is 15.9 Å². The van der Waals surface area contributed by atoms with E-state index in [2.05, 4.69) is 10.1 Å². The van der Waals surface area contributed by atoms with Crippen molar-refractivity contribution in [2.24, 2.45) is 7.05 Å². The SMILES string of the molecule is Cc1cccc(C(=O)Cn2cnc3c(cnn3C)c2=O)c1. The minimum atomic E-state index is -0.255. The number of aromatic nitrogens is 4. The molecule has 0 aliphatic rings. The van der Waals surface area contributed by atoms with Gasteiger partial charge in [-0.15, -0.1) is 0 Å². The fraction of sp³-hybridized carbons (Fsp3) is 0.200. The molecule has 0 amide bonds. The summed E-state index contributed by atoms with van der Waals surface area (Å²) in [4.78, 5) is 28.7. The second-order valence-corrected chi connectivity index (χ2v) is 4.98. The number of carbonyl (C=O) groups excluding carboxylic acids is 1. The van der Waals surface area contributed by atoms with E-state index in [4.69, 9.17) is 0 Å². The van der Waals surface area contributed by atoms with Crippen LogP contribution in [0.4, 0.5) is 0 Å². The van der Waals surface area contributed by atoms with E-state index in [0.29, 0.717) is 16.6 Å². The summed E-state index contributed by atoms with van der Waals surface area (Å²) in [5.41, 5.74) is 1.86. The van der Waals surface area contributed by atoms with E-state index < -0.39 is 0 Å². The minimum absolute atomic E-state index is 0.0277. The molecule has 106 valence electrons. The van der Waals surface area contributed by atoms with Gasteiger partial charge in [-0.25, -0.2) is 4.98 Å². The molecule has 21 heavy (non-hydrogen) atoms. The zero-order valence-corrected chi connectivity index (χ0v) is 11.8. The van der Waals surface area contributed by atoms with Crippen LogP contribution in [-0.2, 0) is 13.6 Å². The van der Waals surface area contributed by atoms with Gasteiger partial charge in [-0.2, -0.15) is 5.10 Å². The maximum Gasteiger partial charge on any atom is 0.264 e. The summed E-state index contributed by atoms with van der Waals surface area (Å²) >= 11 is 0. The van der Waals surface area contributed by atoms with E-state index in [9.17, 15) is 9.59 Å². The Morgan fingerprint density at radius 3 is 2.90 bits per heavy atom. The molecule has 6 nitrogen and oxygen atoms in total. The highest BCUT2D eigenvalue weighted by Gasteiger charge is 2.12. The molecule has 6 heteroatoms. The number of nitrogens with zero attached hydrogens (tertiary/aromatic N) is 4. The zero-order valence-electron chi connectivity index (χ0n) is 11.8. The van der Waals surface area contributed by atoms with Crippen molar-refractivity contribution in [2.45, 2.75) is 13.5 Å². The number of carbonyl (C=O) groups is 1. The predicted octanol–water partition coefficient (Wildman–Crippen LogP) is 1.32. The third-order valence-corrected chi connectivity index (χ3v) is 3.37. The second kappa shape index (κ2) is 4.97. The van der Waals surface area contributed by atoms with Crippen molar-refractivity contribution in [1.29, 1.82) is 0 Å². The number of benzene rings is 1. The topological polar surface area (TPSA) is 69.8 Å².